The topological polar surface area (TPSA) is 41.6 Å². The van der Waals surface area contributed by atoms with Gasteiger partial charge in [-0.3, -0.25) is 4.79 Å². The lowest BCUT2D eigenvalue weighted by Crippen LogP contribution is -2.45. The number of likely N-dealkylation sites (N-methyl/N-ethyl adjacent to an activating group) is 1. The highest BCUT2D eigenvalue weighted by Gasteiger charge is 2.22. The lowest BCUT2D eigenvalue weighted by Gasteiger charge is -2.23. The van der Waals surface area contributed by atoms with Crippen LogP contribution < -0.4 is 10.1 Å². The van der Waals surface area contributed by atoms with Crippen LogP contribution in [0.2, 0.25) is 5.02 Å². The number of carbonyl (C=O) groups is 1. The zero-order chi connectivity index (χ0) is 15.1. The van der Waals surface area contributed by atoms with Gasteiger partial charge < -0.3 is 15.0 Å². The molecule has 1 saturated heterocycles. The van der Waals surface area contributed by atoms with Gasteiger partial charge in [0.05, 0.1) is 12.6 Å². The summed E-state index contributed by atoms with van der Waals surface area (Å²) in [6.07, 6.45) is 4.42. The van der Waals surface area contributed by atoms with Gasteiger partial charge in [-0.15, -0.1) is 0 Å². The number of hydrogen-bond donors (Lipinski definition) is 1. The van der Waals surface area contributed by atoms with Gasteiger partial charge >= 0.3 is 0 Å². The second kappa shape index (κ2) is 8.25. The van der Waals surface area contributed by atoms with Crippen molar-refractivity contribution in [2.45, 2.75) is 31.7 Å². The van der Waals surface area contributed by atoms with Gasteiger partial charge in [0.2, 0.25) is 5.91 Å². The van der Waals surface area contributed by atoms with Crippen molar-refractivity contribution >= 4 is 17.5 Å². The van der Waals surface area contributed by atoms with E-state index >= 15 is 0 Å². The summed E-state index contributed by atoms with van der Waals surface area (Å²) in [5, 5.41) is 3.98. The molecular formula is C16H23ClN2O2. The van der Waals surface area contributed by atoms with Crippen molar-refractivity contribution in [2.24, 2.45) is 0 Å². The Hall–Kier alpha value is -1.26. The van der Waals surface area contributed by atoms with Crippen LogP contribution in [-0.4, -0.2) is 43.6 Å². The Bertz CT molecular complexity index is 459. The molecule has 0 bridgehead atoms. The number of halogens is 1. The quantitative estimate of drug-likeness (QED) is 0.909. The van der Waals surface area contributed by atoms with Gasteiger partial charge in [0.15, 0.2) is 0 Å². The zero-order valence-corrected chi connectivity index (χ0v) is 13.2. The molecular weight excluding hydrogens is 288 g/mol. The molecule has 0 aromatic heterocycles. The summed E-state index contributed by atoms with van der Waals surface area (Å²) in [6.45, 7) is 1.97. The Morgan fingerprint density at radius 2 is 2.29 bits per heavy atom. The second-order valence-corrected chi connectivity index (χ2v) is 5.86. The normalized spacial score (nSPS) is 18.9. The van der Waals surface area contributed by atoms with Crippen LogP contribution in [-0.2, 0) is 4.79 Å². The lowest BCUT2D eigenvalue weighted by molar-refractivity contribution is -0.132. The Balaban J connectivity index is 1.75. The fourth-order valence-corrected chi connectivity index (χ4v) is 2.65. The second-order valence-electron chi connectivity index (χ2n) is 5.42. The van der Waals surface area contributed by atoms with E-state index in [4.69, 9.17) is 16.3 Å². The van der Waals surface area contributed by atoms with Crippen LogP contribution in [0.3, 0.4) is 0 Å². The molecule has 1 N–H and O–H groups in total. The number of ether oxygens (including phenoxy) is 1. The first-order valence-corrected chi connectivity index (χ1v) is 7.91. The molecule has 0 spiro atoms. The summed E-state index contributed by atoms with van der Waals surface area (Å²) in [5.74, 6) is 0.891. The molecule has 1 unspecified atom stereocenters. The molecule has 116 valence electrons. The molecule has 1 fully saturated rings. The molecule has 1 aromatic rings. The molecule has 0 radical (unpaired) electrons. The Labute approximate surface area is 131 Å². The summed E-state index contributed by atoms with van der Waals surface area (Å²) < 4.78 is 5.62. The van der Waals surface area contributed by atoms with E-state index in [1.807, 2.05) is 25.2 Å². The van der Waals surface area contributed by atoms with E-state index in [2.05, 4.69) is 5.32 Å². The van der Waals surface area contributed by atoms with Crippen molar-refractivity contribution in [2.75, 3.05) is 26.7 Å². The third-order valence-corrected chi connectivity index (χ3v) is 3.96. The number of amides is 1. The highest BCUT2D eigenvalue weighted by Crippen LogP contribution is 2.17. The van der Waals surface area contributed by atoms with Gasteiger partial charge in [0.1, 0.15) is 12.4 Å². The van der Waals surface area contributed by atoms with Gasteiger partial charge in [0.25, 0.3) is 0 Å². The van der Waals surface area contributed by atoms with Gasteiger partial charge in [0, 0.05) is 12.1 Å². The van der Waals surface area contributed by atoms with E-state index < -0.39 is 0 Å². The first-order chi connectivity index (χ1) is 10.2. The van der Waals surface area contributed by atoms with Crippen LogP contribution in [0.25, 0.3) is 0 Å². The molecule has 2 rings (SSSR count). The number of rotatable bonds is 5. The summed E-state index contributed by atoms with van der Waals surface area (Å²) in [7, 11) is 1.83. The maximum absolute atomic E-state index is 12.3. The number of benzene rings is 1. The fourth-order valence-electron chi connectivity index (χ4n) is 2.47. The van der Waals surface area contributed by atoms with Gasteiger partial charge in [-0.05, 0) is 37.6 Å². The fraction of sp³-hybridized carbons (Fsp3) is 0.562. The molecule has 1 atom stereocenters. The minimum absolute atomic E-state index is 0.0383. The van der Waals surface area contributed by atoms with Gasteiger partial charge in [-0.1, -0.05) is 30.5 Å². The zero-order valence-electron chi connectivity index (χ0n) is 12.5. The molecule has 1 aromatic carbocycles. The molecule has 4 nitrogen and oxygen atoms in total. The van der Waals surface area contributed by atoms with E-state index in [1.165, 1.54) is 6.42 Å². The standard InChI is InChI=1S/C16H23ClN2O2/c1-19(16(20)15-8-3-2-4-9-18-15)10-11-21-14-7-5-6-13(17)12-14/h5-7,12,15,18H,2-4,8-11H2,1H3. The van der Waals surface area contributed by atoms with Crippen LogP contribution in [0.4, 0.5) is 0 Å². The number of carbonyl (C=O) groups excluding carboxylic acids is 1. The lowest BCUT2D eigenvalue weighted by atomic mass is 10.1. The van der Waals surface area contributed by atoms with E-state index in [0.29, 0.717) is 18.2 Å². The van der Waals surface area contributed by atoms with Gasteiger partial charge in [-0.2, -0.15) is 0 Å². The predicted molar refractivity (Wildman–Crippen MR) is 84.8 cm³/mol. The minimum Gasteiger partial charge on any atom is -0.492 e. The largest absolute Gasteiger partial charge is 0.492 e. The molecule has 1 heterocycles. The summed E-state index contributed by atoms with van der Waals surface area (Å²) in [4.78, 5) is 14.1. The van der Waals surface area contributed by atoms with Crippen LogP contribution in [0, 0.1) is 0 Å². The highest BCUT2D eigenvalue weighted by molar-refractivity contribution is 6.30. The molecule has 0 saturated carbocycles. The maximum Gasteiger partial charge on any atom is 0.239 e. The first kappa shape index (κ1) is 16.1. The molecule has 1 aliphatic rings. The van der Waals surface area contributed by atoms with Crippen LogP contribution in [0.15, 0.2) is 24.3 Å². The van der Waals surface area contributed by atoms with Crippen LogP contribution in [0.1, 0.15) is 25.7 Å². The van der Waals surface area contributed by atoms with Crippen molar-refractivity contribution in [3.63, 3.8) is 0 Å². The number of nitrogens with zero attached hydrogens (tertiary/aromatic N) is 1. The minimum atomic E-state index is -0.0383. The Morgan fingerprint density at radius 3 is 3.10 bits per heavy atom. The first-order valence-electron chi connectivity index (χ1n) is 7.53. The van der Waals surface area contributed by atoms with E-state index in [9.17, 15) is 4.79 Å². The summed E-state index contributed by atoms with van der Waals surface area (Å²) in [5.41, 5.74) is 0. The number of hydrogen-bond acceptors (Lipinski definition) is 3. The van der Waals surface area contributed by atoms with Crippen molar-refractivity contribution in [3.05, 3.63) is 29.3 Å². The van der Waals surface area contributed by atoms with Crippen molar-refractivity contribution in [1.82, 2.24) is 10.2 Å². The maximum atomic E-state index is 12.3. The third-order valence-electron chi connectivity index (χ3n) is 3.73. The molecule has 1 amide bonds. The third kappa shape index (κ3) is 5.21. The predicted octanol–water partition coefficient (Wildman–Crippen LogP) is 2.71. The van der Waals surface area contributed by atoms with Crippen molar-refractivity contribution < 1.29 is 9.53 Å². The van der Waals surface area contributed by atoms with Crippen LogP contribution >= 0.6 is 11.6 Å². The summed E-state index contributed by atoms with van der Waals surface area (Å²) >= 11 is 5.90. The van der Waals surface area contributed by atoms with E-state index in [-0.39, 0.29) is 11.9 Å². The van der Waals surface area contributed by atoms with Crippen molar-refractivity contribution in [3.8, 4) is 5.75 Å². The van der Waals surface area contributed by atoms with E-state index in [1.54, 1.807) is 11.0 Å². The van der Waals surface area contributed by atoms with Crippen LogP contribution in [0.5, 0.6) is 5.75 Å². The molecule has 1 aliphatic heterocycles. The van der Waals surface area contributed by atoms with Crippen molar-refractivity contribution in [1.29, 1.82) is 0 Å². The monoisotopic (exact) mass is 310 g/mol. The van der Waals surface area contributed by atoms with Gasteiger partial charge in [-0.25, -0.2) is 0 Å². The average molecular weight is 311 g/mol. The summed E-state index contributed by atoms with van der Waals surface area (Å²) in [6, 6.07) is 7.25. The Kier molecular flexibility index (Phi) is 6.33. The average Bonchev–Trinajstić information content (AvgIpc) is 2.75. The SMILES string of the molecule is CN(CCOc1cccc(Cl)c1)C(=O)C1CCCCCN1. The molecule has 0 aliphatic carbocycles. The smallest absolute Gasteiger partial charge is 0.239 e. The molecule has 5 heteroatoms. The Morgan fingerprint density at radius 1 is 1.43 bits per heavy atom. The molecule has 21 heavy (non-hydrogen) atoms. The number of nitrogens with one attached hydrogen (secondary N) is 1. The van der Waals surface area contributed by atoms with E-state index in [0.717, 1.165) is 31.6 Å². The highest BCUT2D eigenvalue weighted by atomic mass is 35.5.